The lowest BCUT2D eigenvalue weighted by Gasteiger charge is -2.32. The van der Waals surface area contributed by atoms with Gasteiger partial charge in [-0.2, -0.15) is 0 Å². The van der Waals surface area contributed by atoms with Crippen LogP contribution in [0.25, 0.3) is 11.3 Å². The summed E-state index contributed by atoms with van der Waals surface area (Å²) in [5, 5.41) is 6.29. The molecule has 0 aliphatic rings. The topological polar surface area (TPSA) is 90.7 Å². The van der Waals surface area contributed by atoms with Gasteiger partial charge in [0.1, 0.15) is 17.0 Å². The van der Waals surface area contributed by atoms with E-state index in [4.69, 9.17) is 14.0 Å². The van der Waals surface area contributed by atoms with Crippen LogP contribution in [0.3, 0.4) is 0 Å². The van der Waals surface area contributed by atoms with Gasteiger partial charge in [-0.3, -0.25) is 14.5 Å². The zero-order chi connectivity index (χ0) is 21.7. The number of benzene rings is 1. The maximum absolute atomic E-state index is 13.1. The molecule has 1 aromatic heterocycles. The number of hydrogen-bond donors (Lipinski definition) is 1. The van der Waals surface area contributed by atoms with Crippen LogP contribution < -0.4 is 5.32 Å². The van der Waals surface area contributed by atoms with E-state index in [-0.39, 0.29) is 12.1 Å². The van der Waals surface area contributed by atoms with Crippen molar-refractivity contribution < 1.29 is 28.0 Å². The molecule has 0 radical (unpaired) electrons. The third kappa shape index (κ3) is 6.98. The highest BCUT2D eigenvalue weighted by Crippen LogP contribution is 2.29. The first kappa shape index (κ1) is 22.5. The Bertz CT molecular complexity index is 824. The quantitative estimate of drug-likeness (QED) is 0.499. The number of halogens is 1. The van der Waals surface area contributed by atoms with Crippen LogP contribution >= 0.6 is 0 Å². The smallest absolute Gasteiger partial charge is 0.409 e. The fourth-order valence-corrected chi connectivity index (χ4v) is 2.67. The Morgan fingerprint density at radius 1 is 1.24 bits per heavy atom. The van der Waals surface area contributed by atoms with Crippen LogP contribution in [0.15, 0.2) is 34.9 Å². The van der Waals surface area contributed by atoms with Crippen LogP contribution in [-0.2, 0) is 9.47 Å². The highest BCUT2D eigenvalue weighted by Gasteiger charge is 2.29. The van der Waals surface area contributed by atoms with E-state index in [2.05, 4.69) is 10.5 Å². The average molecular weight is 406 g/mol. The SMILES string of the molecule is CC(C)(C)OC(=O)NC(C)(C)OC(CCF)c1ccc(-c2cc(C=O)no2)cc1. The van der Waals surface area contributed by atoms with Crippen molar-refractivity contribution in [1.29, 1.82) is 0 Å². The summed E-state index contributed by atoms with van der Waals surface area (Å²) in [6, 6.07) is 8.64. The molecule has 158 valence electrons. The maximum Gasteiger partial charge on any atom is 0.409 e. The van der Waals surface area contributed by atoms with Gasteiger partial charge in [0.25, 0.3) is 0 Å². The van der Waals surface area contributed by atoms with Crippen molar-refractivity contribution >= 4 is 12.4 Å². The van der Waals surface area contributed by atoms with E-state index in [1.807, 2.05) is 0 Å². The summed E-state index contributed by atoms with van der Waals surface area (Å²) in [5.74, 6) is 0.452. The zero-order valence-electron chi connectivity index (χ0n) is 17.3. The molecule has 0 saturated carbocycles. The molecule has 7 nitrogen and oxygen atoms in total. The fraction of sp³-hybridized carbons (Fsp3) is 0.476. The van der Waals surface area contributed by atoms with E-state index < -0.39 is 30.2 Å². The first-order valence-electron chi connectivity index (χ1n) is 9.30. The lowest BCUT2D eigenvalue weighted by Crippen LogP contribution is -2.48. The van der Waals surface area contributed by atoms with Gasteiger partial charge in [-0.1, -0.05) is 29.4 Å². The van der Waals surface area contributed by atoms with Crippen molar-refractivity contribution in [1.82, 2.24) is 10.5 Å². The molecule has 0 bridgehead atoms. The molecule has 0 saturated heterocycles. The van der Waals surface area contributed by atoms with E-state index in [0.29, 0.717) is 12.0 Å². The number of rotatable bonds is 8. The number of nitrogens with one attached hydrogen (secondary N) is 1. The lowest BCUT2D eigenvalue weighted by atomic mass is 10.0. The number of carbonyl (C=O) groups excluding carboxylic acids is 2. The molecule has 1 N–H and O–H groups in total. The van der Waals surface area contributed by atoms with E-state index in [0.717, 1.165) is 11.1 Å². The second-order valence-electron chi connectivity index (χ2n) is 8.08. The molecule has 0 aliphatic heterocycles. The number of alkyl halides is 1. The number of amides is 1. The van der Waals surface area contributed by atoms with Crippen molar-refractivity contribution in [2.45, 2.75) is 58.5 Å². The van der Waals surface area contributed by atoms with Crippen LogP contribution in [0.2, 0.25) is 0 Å². The Labute approximate surface area is 169 Å². The zero-order valence-corrected chi connectivity index (χ0v) is 17.3. The van der Waals surface area contributed by atoms with E-state index in [1.165, 1.54) is 6.07 Å². The highest BCUT2D eigenvalue weighted by molar-refractivity contribution is 5.74. The van der Waals surface area contributed by atoms with Crippen molar-refractivity contribution in [2.24, 2.45) is 0 Å². The third-order valence-electron chi connectivity index (χ3n) is 3.83. The molecule has 2 rings (SSSR count). The van der Waals surface area contributed by atoms with Gasteiger partial charge in [-0.05, 0) is 40.2 Å². The second-order valence-corrected chi connectivity index (χ2v) is 8.08. The number of aldehydes is 1. The second kappa shape index (κ2) is 9.17. The number of nitrogens with zero attached hydrogens (tertiary/aromatic N) is 1. The minimum Gasteiger partial charge on any atom is -0.444 e. The van der Waals surface area contributed by atoms with Crippen molar-refractivity contribution in [3.05, 3.63) is 41.6 Å². The van der Waals surface area contributed by atoms with Crippen molar-refractivity contribution in [3.63, 3.8) is 0 Å². The Balaban J connectivity index is 2.11. The fourth-order valence-electron chi connectivity index (χ4n) is 2.67. The monoisotopic (exact) mass is 406 g/mol. The first-order valence-corrected chi connectivity index (χ1v) is 9.30. The Hall–Kier alpha value is -2.74. The summed E-state index contributed by atoms with van der Waals surface area (Å²) in [5.41, 5.74) is -0.0543. The van der Waals surface area contributed by atoms with Gasteiger partial charge in [0.15, 0.2) is 12.0 Å². The van der Waals surface area contributed by atoms with Crippen molar-refractivity contribution in [2.75, 3.05) is 6.67 Å². The summed E-state index contributed by atoms with van der Waals surface area (Å²) in [6.07, 6.45) is -0.477. The minimum atomic E-state index is -1.08. The van der Waals surface area contributed by atoms with E-state index in [9.17, 15) is 14.0 Å². The maximum atomic E-state index is 13.1. The molecule has 0 spiro atoms. The number of hydrogen-bond acceptors (Lipinski definition) is 6. The Kier molecular flexibility index (Phi) is 7.13. The molecule has 1 aromatic carbocycles. The summed E-state index contributed by atoms with van der Waals surface area (Å²) in [4.78, 5) is 22.8. The molecule has 29 heavy (non-hydrogen) atoms. The molecule has 1 amide bonds. The van der Waals surface area contributed by atoms with Gasteiger partial charge >= 0.3 is 6.09 Å². The van der Waals surface area contributed by atoms with Crippen LogP contribution in [0.5, 0.6) is 0 Å². The molecule has 2 aromatic rings. The normalized spacial score (nSPS) is 13.0. The largest absolute Gasteiger partial charge is 0.444 e. The summed E-state index contributed by atoms with van der Waals surface area (Å²) >= 11 is 0. The van der Waals surface area contributed by atoms with Crippen LogP contribution in [-0.4, -0.2) is 35.5 Å². The number of alkyl carbamates (subject to hydrolysis) is 1. The Morgan fingerprint density at radius 2 is 1.90 bits per heavy atom. The molecule has 0 aliphatic carbocycles. The van der Waals surface area contributed by atoms with Crippen LogP contribution in [0.4, 0.5) is 9.18 Å². The van der Waals surface area contributed by atoms with Crippen LogP contribution in [0, 0.1) is 0 Å². The highest BCUT2D eigenvalue weighted by atomic mass is 19.1. The van der Waals surface area contributed by atoms with Gasteiger partial charge in [0.2, 0.25) is 0 Å². The van der Waals surface area contributed by atoms with Gasteiger partial charge in [-0.25, -0.2) is 4.79 Å². The Morgan fingerprint density at radius 3 is 2.41 bits per heavy atom. The molecule has 1 atom stereocenters. The standard InChI is InChI=1S/C21H27FN2O5/c1-20(2,3)28-19(26)23-21(4,5)27-17(10-11-22)14-6-8-15(9-7-14)18-12-16(13-25)24-29-18/h6-9,12-13,17H,10-11H2,1-5H3,(H,23,26). The van der Waals surface area contributed by atoms with E-state index >= 15 is 0 Å². The number of carbonyl (C=O) groups is 2. The molecular formula is C21H27FN2O5. The van der Waals surface area contributed by atoms with Crippen molar-refractivity contribution in [3.8, 4) is 11.3 Å². The lowest BCUT2D eigenvalue weighted by molar-refractivity contribution is -0.0979. The van der Waals surface area contributed by atoms with Gasteiger partial charge in [0, 0.05) is 18.1 Å². The molecule has 1 heterocycles. The predicted molar refractivity (Wildman–Crippen MR) is 105 cm³/mol. The molecule has 8 heteroatoms. The predicted octanol–water partition coefficient (Wildman–Crippen LogP) is 4.83. The van der Waals surface area contributed by atoms with Gasteiger partial charge in [0.05, 0.1) is 12.8 Å². The first-order chi connectivity index (χ1) is 13.5. The minimum absolute atomic E-state index is 0.121. The third-order valence-corrected chi connectivity index (χ3v) is 3.83. The summed E-state index contributed by atoms with van der Waals surface area (Å²) < 4.78 is 29.5. The summed E-state index contributed by atoms with van der Waals surface area (Å²) in [7, 11) is 0. The molecular weight excluding hydrogens is 379 g/mol. The van der Waals surface area contributed by atoms with Gasteiger partial charge < -0.3 is 14.0 Å². The van der Waals surface area contributed by atoms with Crippen LogP contribution in [0.1, 0.15) is 63.2 Å². The summed E-state index contributed by atoms with van der Waals surface area (Å²) in [6.45, 7) is 8.05. The molecule has 1 unspecified atom stereocenters. The molecule has 0 fully saturated rings. The number of ether oxygens (including phenoxy) is 2. The van der Waals surface area contributed by atoms with E-state index in [1.54, 1.807) is 58.9 Å². The van der Waals surface area contributed by atoms with Gasteiger partial charge in [-0.15, -0.1) is 0 Å². The number of aromatic nitrogens is 1. The average Bonchev–Trinajstić information content (AvgIpc) is 3.08.